The normalized spacial score (nSPS) is 20.8. The first-order valence-corrected chi connectivity index (χ1v) is 8.11. The predicted molar refractivity (Wildman–Crippen MR) is 87.7 cm³/mol. The van der Waals surface area contributed by atoms with Gasteiger partial charge in [-0.1, -0.05) is 30.3 Å². The van der Waals surface area contributed by atoms with Crippen molar-refractivity contribution in [2.24, 2.45) is 0 Å². The van der Waals surface area contributed by atoms with Gasteiger partial charge in [-0.05, 0) is 18.9 Å². The molecule has 1 amide bonds. The number of rotatable bonds is 5. The fourth-order valence-electron chi connectivity index (χ4n) is 2.81. The Balaban J connectivity index is 1.61. The van der Waals surface area contributed by atoms with Gasteiger partial charge in [-0.25, -0.2) is 4.98 Å². The molecule has 6 nitrogen and oxygen atoms in total. The summed E-state index contributed by atoms with van der Waals surface area (Å²) in [6.07, 6.45) is 0.652. The van der Waals surface area contributed by atoms with Gasteiger partial charge in [0.15, 0.2) is 5.89 Å². The van der Waals surface area contributed by atoms with Gasteiger partial charge in [0.2, 0.25) is 5.76 Å². The van der Waals surface area contributed by atoms with Crippen LogP contribution < -0.4 is 5.32 Å². The van der Waals surface area contributed by atoms with Gasteiger partial charge < -0.3 is 19.2 Å². The SMILES string of the molecule is Cc1nc(C)c(C(=O)N[C@@H]2COCC[C@@H]2OCc2ccccc2)o1. The highest BCUT2D eigenvalue weighted by Gasteiger charge is 2.29. The number of amides is 1. The monoisotopic (exact) mass is 330 g/mol. The molecule has 1 aliphatic heterocycles. The fourth-order valence-corrected chi connectivity index (χ4v) is 2.81. The summed E-state index contributed by atoms with van der Waals surface area (Å²) in [4.78, 5) is 16.5. The lowest BCUT2D eigenvalue weighted by molar-refractivity contribution is -0.0606. The van der Waals surface area contributed by atoms with Crippen molar-refractivity contribution in [2.45, 2.75) is 39.0 Å². The summed E-state index contributed by atoms with van der Waals surface area (Å²) in [7, 11) is 0. The van der Waals surface area contributed by atoms with E-state index < -0.39 is 0 Å². The smallest absolute Gasteiger partial charge is 0.289 e. The summed E-state index contributed by atoms with van der Waals surface area (Å²) in [5.74, 6) is 0.450. The minimum absolute atomic E-state index is 0.0905. The van der Waals surface area contributed by atoms with Crippen LogP contribution in [0.25, 0.3) is 0 Å². The third-order valence-corrected chi connectivity index (χ3v) is 4.03. The number of aromatic nitrogens is 1. The second kappa shape index (κ2) is 7.59. The first-order chi connectivity index (χ1) is 11.6. The van der Waals surface area contributed by atoms with Crippen molar-refractivity contribution in [3.8, 4) is 0 Å². The van der Waals surface area contributed by atoms with E-state index in [1.165, 1.54) is 0 Å². The zero-order valence-corrected chi connectivity index (χ0v) is 14.0. The summed E-state index contributed by atoms with van der Waals surface area (Å²) in [5.41, 5.74) is 1.69. The van der Waals surface area contributed by atoms with Crippen LogP contribution in [0.2, 0.25) is 0 Å². The first-order valence-electron chi connectivity index (χ1n) is 8.11. The van der Waals surface area contributed by atoms with E-state index >= 15 is 0 Å². The zero-order chi connectivity index (χ0) is 16.9. The molecule has 0 saturated carbocycles. The second-order valence-corrected chi connectivity index (χ2v) is 5.93. The van der Waals surface area contributed by atoms with Gasteiger partial charge in [0, 0.05) is 13.5 Å². The number of oxazole rings is 1. The van der Waals surface area contributed by atoms with Crippen LogP contribution in [0.15, 0.2) is 34.7 Å². The molecule has 1 N–H and O–H groups in total. The van der Waals surface area contributed by atoms with E-state index in [1.807, 2.05) is 30.3 Å². The van der Waals surface area contributed by atoms with Crippen molar-refractivity contribution < 1.29 is 18.7 Å². The van der Waals surface area contributed by atoms with Gasteiger partial charge in [-0.15, -0.1) is 0 Å². The number of nitrogens with zero attached hydrogens (tertiary/aromatic N) is 1. The quantitative estimate of drug-likeness (QED) is 0.911. The Kier molecular flexibility index (Phi) is 5.27. The van der Waals surface area contributed by atoms with Crippen LogP contribution in [0.3, 0.4) is 0 Å². The lowest BCUT2D eigenvalue weighted by Crippen LogP contribution is -2.50. The van der Waals surface area contributed by atoms with Crippen LogP contribution in [0.1, 0.15) is 34.1 Å². The van der Waals surface area contributed by atoms with E-state index in [1.54, 1.807) is 13.8 Å². The van der Waals surface area contributed by atoms with Crippen LogP contribution in [-0.2, 0) is 16.1 Å². The molecule has 128 valence electrons. The van der Waals surface area contributed by atoms with Crippen LogP contribution in [-0.4, -0.2) is 36.3 Å². The number of aryl methyl sites for hydroxylation is 2. The number of carbonyl (C=O) groups excluding carboxylic acids is 1. The number of hydrogen-bond acceptors (Lipinski definition) is 5. The topological polar surface area (TPSA) is 73.6 Å². The molecular weight excluding hydrogens is 308 g/mol. The predicted octanol–water partition coefficient (Wildman–Crippen LogP) is 2.40. The lowest BCUT2D eigenvalue weighted by atomic mass is 10.1. The third kappa shape index (κ3) is 4.01. The molecule has 2 atom stereocenters. The average molecular weight is 330 g/mol. The van der Waals surface area contributed by atoms with Crippen molar-refractivity contribution in [3.63, 3.8) is 0 Å². The summed E-state index contributed by atoms with van der Waals surface area (Å²) in [5, 5.41) is 2.95. The highest BCUT2D eigenvalue weighted by Crippen LogP contribution is 2.16. The van der Waals surface area contributed by atoms with Gasteiger partial charge >= 0.3 is 0 Å². The Bertz CT molecular complexity index is 684. The number of benzene rings is 1. The molecule has 3 rings (SSSR count). The molecule has 24 heavy (non-hydrogen) atoms. The van der Waals surface area contributed by atoms with Gasteiger partial charge in [0.1, 0.15) is 0 Å². The maximum Gasteiger partial charge on any atom is 0.289 e. The van der Waals surface area contributed by atoms with Crippen LogP contribution >= 0.6 is 0 Å². The second-order valence-electron chi connectivity index (χ2n) is 5.93. The van der Waals surface area contributed by atoms with Crippen molar-refractivity contribution in [1.29, 1.82) is 0 Å². The molecule has 0 aliphatic carbocycles. The number of carbonyl (C=O) groups is 1. The summed E-state index contributed by atoms with van der Waals surface area (Å²) in [6.45, 7) is 5.05. The van der Waals surface area contributed by atoms with E-state index in [-0.39, 0.29) is 23.8 Å². The van der Waals surface area contributed by atoms with Crippen molar-refractivity contribution in [3.05, 3.63) is 53.2 Å². The van der Waals surface area contributed by atoms with Crippen LogP contribution in [0, 0.1) is 13.8 Å². The Morgan fingerprint density at radius 2 is 2.12 bits per heavy atom. The maximum atomic E-state index is 12.4. The molecule has 0 radical (unpaired) electrons. The van der Waals surface area contributed by atoms with E-state index in [0.717, 1.165) is 12.0 Å². The average Bonchev–Trinajstić information content (AvgIpc) is 2.93. The first kappa shape index (κ1) is 16.7. The van der Waals surface area contributed by atoms with Gasteiger partial charge in [0.05, 0.1) is 31.1 Å². The standard InChI is InChI=1S/C18H22N2O4/c1-12-17(24-13(2)19-12)18(21)20-15-11-22-9-8-16(15)23-10-14-6-4-3-5-7-14/h3-7,15-16H,8-11H2,1-2H3,(H,20,21)/t15-,16+/m1/s1. The van der Waals surface area contributed by atoms with E-state index in [4.69, 9.17) is 13.9 Å². The van der Waals surface area contributed by atoms with Gasteiger partial charge in [-0.2, -0.15) is 0 Å². The molecule has 2 heterocycles. The molecule has 0 spiro atoms. The fraction of sp³-hybridized carbons (Fsp3) is 0.444. The largest absolute Gasteiger partial charge is 0.436 e. The molecular formula is C18H22N2O4. The van der Waals surface area contributed by atoms with Crippen molar-refractivity contribution in [1.82, 2.24) is 10.3 Å². The molecule has 2 aromatic rings. The van der Waals surface area contributed by atoms with E-state index in [9.17, 15) is 4.79 Å². The number of hydrogen-bond donors (Lipinski definition) is 1. The summed E-state index contributed by atoms with van der Waals surface area (Å²) < 4.78 is 16.9. The van der Waals surface area contributed by atoms with E-state index in [0.29, 0.717) is 31.4 Å². The summed E-state index contributed by atoms with van der Waals surface area (Å²) in [6, 6.07) is 9.78. The highest BCUT2D eigenvalue weighted by atomic mass is 16.5. The molecule has 1 fully saturated rings. The Morgan fingerprint density at radius 3 is 2.83 bits per heavy atom. The molecule has 6 heteroatoms. The van der Waals surface area contributed by atoms with Crippen LogP contribution in [0.4, 0.5) is 0 Å². The van der Waals surface area contributed by atoms with Crippen molar-refractivity contribution >= 4 is 5.91 Å². The Hall–Kier alpha value is -2.18. The minimum Gasteiger partial charge on any atom is -0.436 e. The van der Waals surface area contributed by atoms with Crippen molar-refractivity contribution in [2.75, 3.05) is 13.2 Å². The zero-order valence-electron chi connectivity index (χ0n) is 14.0. The lowest BCUT2D eigenvalue weighted by Gasteiger charge is -2.31. The molecule has 1 aromatic heterocycles. The molecule has 1 aromatic carbocycles. The molecule has 1 aliphatic rings. The third-order valence-electron chi connectivity index (χ3n) is 4.03. The number of nitrogens with one attached hydrogen (secondary N) is 1. The van der Waals surface area contributed by atoms with E-state index in [2.05, 4.69) is 10.3 Å². The number of ether oxygens (including phenoxy) is 2. The molecule has 1 saturated heterocycles. The maximum absolute atomic E-state index is 12.4. The van der Waals surface area contributed by atoms with Crippen LogP contribution in [0.5, 0.6) is 0 Å². The molecule has 0 bridgehead atoms. The van der Waals surface area contributed by atoms with Gasteiger partial charge in [0.25, 0.3) is 5.91 Å². The van der Waals surface area contributed by atoms with Gasteiger partial charge in [-0.3, -0.25) is 4.79 Å². The summed E-state index contributed by atoms with van der Waals surface area (Å²) >= 11 is 0. The minimum atomic E-state index is -0.281. The Labute approximate surface area is 141 Å². The highest BCUT2D eigenvalue weighted by molar-refractivity contribution is 5.92. The molecule has 0 unspecified atom stereocenters. The Morgan fingerprint density at radius 1 is 1.33 bits per heavy atom.